The van der Waals surface area contributed by atoms with Crippen LogP contribution in [0.15, 0.2) is 22.7 Å². The van der Waals surface area contributed by atoms with Gasteiger partial charge in [-0.1, -0.05) is 28.1 Å². The van der Waals surface area contributed by atoms with E-state index in [0.717, 1.165) is 10.0 Å². The van der Waals surface area contributed by atoms with Crippen molar-refractivity contribution in [3.8, 4) is 0 Å². The van der Waals surface area contributed by atoms with E-state index in [1.165, 1.54) is 5.56 Å². The second-order valence-electron chi connectivity index (χ2n) is 4.45. The molecule has 0 heterocycles. The molecular formula is C12H15BrFN. The van der Waals surface area contributed by atoms with Gasteiger partial charge in [-0.05, 0) is 37.0 Å². The van der Waals surface area contributed by atoms with E-state index in [-0.39, 0.29) is 5.41 Å². The highest BCUT2D eigenvalue weighted by Gasteiger charge is 2.44. The number of benzene rings is 1. The molecule has 15 heavy (non-hydrogen) atoms. The molecule has 0 atom stereocenters. The van der Waals surface area contributed by atoms with Crippen LogP contribution in [0.5, 0.6) is 0 Å². The molecular weight excluding hydrogens is 257 g/mol. The zero-order valence-corrected chi connectivity index (χ0v) is 10.3. The Morgan fingerprint density at radius 1 is 1.53 bits per heavy atom. The minimum Gasteiger partial charge on any atom is -0.330 e. The van der Waals surface area contributed by atoms with Gasteiger partial charge in [0, 0.05) is 16.4 Å². The first-order chi connectivity index (χ1) is 7.07. The third kappa shape index (κ3) is 1.83. The van der Waals surface area contributed by atoms with Crippen LogP contribution in [0.3, 0.4) is 0 Å². The van der Waals surface area contributed by atoms with Gasteiger partial charge in [-0.3, -0.25) is 0 Å². The van der Waals surface area contributed by atoms with Crippen LogP contribution in [0.25, 0.3) is 0 Å². The van der Waals surface area contributed by atoms with Gasteiger partial charge in [0.1, 0.15) is 6.17 Å². The zero-order valence-electron chi connectivity index (χ0n) is 8.76. The molecule has 0 aromatic heterocycles. The van der Waals surface area contributed by atoms with Gasteiger partial charge in [0.2, 0.25) is 0 Å². The van der Waals surface area contributed by atoms with Crippen molar-refractivity contribution in [2.45, 2.75) is 31.4 Å². The maximum absolute atomic E-state index is 13.0. The number of nitrogens with two attached hydrogens (primary N) is 1. The number of hydrogen-bond donors (Lipinski definition) is 1. The summed E-state index contributed by atoms with van der Waals surface area (Å²) in [5, 5.41) is 0. The fraction of sp³-hybridized carbons (Fsp3) is 0.500. The molecule has 0 bridgehead atoms. The van der Waals surface area contributed by atoms with Crippen LogP contribution in [-0.2, 0) is 5.41 Å². The van der Waals surface area contributed by atoms with Gasteiger partial charge in [-0.15, -0.1) is 0 Å². The van der Waals surface area contributed by atoms with Crippen molar-refractivity contribution in [1.29, 1.82) is 0 Å². The molecule has 1 aromatic rings. The van der Waals surface area contributed by atoms with Crippen LogP contribution in [0.1, 0.15) is 24.0 Å². The van der Waals surface area contributed by atoms with Gasteiger partial charge in [0.05, 0.1) is 0 Å². The molecule has 0 aliphatic heterocycles. The summed E-state index contributed by atoms with van der Waals surface area (Å²) in [6.07, 6.45) is 0.464. The molecule has 82 valence electrons. The number of aryl methyl sites for hydroxylation is 1. The van der Waals surface area contributed by atoms with E-state index in [9.17, 15) is 4.39 Å². The Morgan fingerprint density at radius 3 is 2.67 bits per heavy atom. The van der Waals surface area contributed by atoms with E-state index in [1.807, 2.05) is 6.92 Å². The van der Waals surface area contributed by atoms with Crippen LogP contribution in [0, 0.1) is 6.92 Å². The number of halogens is 2. The Labute approximate surface area is 98.0 Å². The molecule has 3 heteroatoms. The van der Waals surface area contributed by atoms with Gasteiger partial charge in [-0.2, -0.15) is 0 Å². The summed E-state index contributed by atoms with van der Waals surface area (Å²) in [6, 6.07) is 6.20. The van der Waals surface area contributed by atoms with Gasteiger partial charge >= 0.3 is 0 Å². The lowest BCUT2D eigenvalue weighted by Crippen LogP contribution is -2.48. The van der Waals surface area contributed by atoms with Gasteiger partial charge in [-0.25, -0.2) is 4.39 Å². The molecule has 0 unspecified atom stereocenters. The van der Waals surface area contributed by atoms with Crippen LogP contribution in [0.2, 0.25) is 0 Å². The molecule has 0 saturated heterocycles. The zero-order chi connectivity index (χ0) is 11.1. The number of alkyl halides is 1. The van der Waals surface area contributed by atoms with Gasteiger partial charge < -0.3 is 5.73 Å². The topological polar surface area (TPSA) is 26.0 Å². The van der Waals surface area contributed by atoms with Crippen LogP contribution in [0.4, 0.5) is 4.39 Å². The first-order valence-electron chi connectivity index (χ1n) is 5.18. The summed E-state index contributed by atoms with van der Waals surface area (Å²) >= 11 is 3.50. The molecule has 0 radical (unpaired) electrons. The summed E-state index contributed by atoms with van der Waals surface area (Å²) in [5.41, 5.74) is 8.01. The predicted octanol–water partition coefficient (Wildman–Crippen LogP) is 3.09. The summed E-state index contributed by atoms with van der Waals surface area (Å²) in [5.74, 6) is 0. The van der Waals surface area contributed by atoms with Crippen molar-refractivity contribution < 1.29 is 4.39 Å². The van der Waals surface area contributed by atoms with E-state index >= 15 is 0 Å². The highest BCUT2D eigenvalue weighted by Crippen LogP contribution is 2.45. The fourth-order valence-corrected chi connectivity index (χ4v) is 2.61. The largest absolute Gasteiger partial charge is 0.330 e. The predicted molar refractivity (Wildman–Crippen MR) is 63.7 cm³/mol. The van der Waals surface area contributed by atoms with E-state index in [0.29, 0.717) is 19.4 Å². The third-order valence-electron chi connectivity index (χ3n) is 3.40. The molecule has 0 amide bonds. The van der Waals surface area contributed by atoms with Crippen molar-refractivity contribution in [3.63, 3.8) is 0 Å². The maximum atomic E-state index is 13.0. The minimum absolute atomic E-state index is 0.115. The normalized spacial score (nSPS) is 30.0. The van der Waals surface area contributed by atoms with Crippen LogP contribution in [-0.4, -0.2) is 12.7 Å². The Bertz CT molecular complexity index is 372. The lowest BCUT2D eigenvalue weighted by molar-refractivity contribution is 0.0997. The highest BCUT2D eigenvalue weighted by molar-refractivity contribution is 9.10. The van der Waals surface area contributed by atoms with E-state index in [1.54, 1.807) is 0 Å². The molecule has 0 spiro atoms. The van der Waals surface area contributed by atoms with Crippen molar-refractivity contribution in [3.05, 3.63) is 33.8 Å². The first-order valence-corrected chi connectivity index (χ1v) is 5.97. The molecule has 1 saturated carbocycles. The van der Waals surface area contributed by atoms with Crippen molar-refractivity contribution >= 4 is 15.9 Å². The molecule has 2 N–H and O–H groups in total. The SMILES string of the molecule is Cc1ccc(C2(CN)CC(F)C2)cc1Br. The van der Waals surface area contributed by atoms with Crippen LogP contribution < -0.4 is 5.73 Å². The third-order valence-corrected chi connectivity index (χ3v) is 4.25. The fourth-order valence-electron chi connectivity index (χ4n) is 2.23. The van der Waals surface area contributed by atoms with Crippen molar-refractivity contribution in [1.82, 2.24) is 0 Å². The van der Waals surface area contributed by atoms with E-state index in [2.05, 4.69) is 34.1 Å². The quantitative estimate of drug-likeness (QED) is 0.879. The summed E-state index contributed by atoms with van der Waals surface area (Å²) in [4.78, 5) is 0. The molecule has 1 aliphatic carbocycles. The second-order valence-corrected chi connectivity index (χ2v) is 5.31. The average molecular weight is 272 g/mol. The molecule has 1 fully saturated rings. The summed E-state index contributed by atoms with van der Waals surface area (Å²) < 4.78 is 14.1. The van der Waals surface area contributed by atoms with Crippen molar-refractivity contribution in [2.24, 2.45) is 5.73 Å². The van der Waals surface area contributed by atoms with Gasteiger partial charge in [0.25, 0.3) is 0 Å². The standard InChI is InChI=1S/C12H15BrFN/c1-8-2-3-9(4-11(8)13)12(7-15)5-10(14)6-12/h2-4,10H,5-7,15H2,1H3. The Kier molecular flexibility index (Phi) is 2.86. The van der Waals surface area contributed by atoms with Gasteiger partial charge in [0.15, 0.2) is 0 Å². The monoisotopic (exact) mass is 271 g/mol. The summed E-state index contributed by atoms with van der Waals surface area (Å²) in [6.45, 7) is 2.57. The average Bonchev–Trinajstić information content (AvgIpc) is 2.17. The molecule has 1 nitrogen and oxygen atoms in total. The highest BCUT2D eigenvalue weighted by atomic mass is 79.9. The first kappa shape index (κ1) is 11.1. The number of rotatable bonds is 2. The smallest absolute Gasteiger partial charge is 0.102 e. The maximum Gasteiger partial charge on any atom is 0.102 e. The second kappa shape index (κ2) is 3.87. The molecule has 2 rings (SSSR count). The Hall–Kier alpha value is -0.410. The molecule has 1 aromatic carbocycles. The summed E-state index contributed by atoms with van der Waals surface area (Å²) in [7, 11) is 0. The number of hydrogen-bond acceptors (Lipinski definition) is 1. The van der Waals surface area contributed by atoms with E-state index < -0.39 is 6.17 Å². The van der Waals surface area contributed by atoms with Crippen molar-refractivity contribution in [2.75, 3.05) is 6.54 Å². The van der Waals surface area contributed by atoms with E-state index in [4.69, 9.17) is 5.73 Å². The lowest BCUT2D eigenvalue weighted by Gasteiger charge is -2.44. The Morgan fingerprint density at radius 2 is 2.20 bits per heavy atom. The minimum atomic E-state index is -0.673. The lowest BCUT2D eigenvalue weighted by atomic mass is 9.63. The van der Waals surface area contributed by atoms with Crippen LogP contribution >= 0.6 is 15.9 Å². The Balaban J connectivity index is 2.32. The molecule has 1 aliphatic rings.